The second kappa shape index (κ2) is 7.49. The van der Waals surface area contributed by atoms with Crippen LogP contribution >= 0.6 is 0 Å². The summed E-state index contributed by atoms with van der Waals surface area (Å²) >= 11 is 0. The SMILES string of the molecule is Cc1cc(C(=O)NCC(C)CN2CCN(C)CC2)c2c(C)noc2n1. The monoisotopic (exact) mass is 345 g/mol. The van der Waals surface area contributed by atoms with E-state index < -0.39 is 0 Å². The zero-order valence-electron chi connectivity index (χ0n) is 15.5. The first-order chi connectivity index (χ1) is 11.9. The first kappa shape index (κ1) is 17.8. The Bertz CT molecular complexity index is 749. The smallest absolute Gasteiger partial charge is 0.258 e. The Labute approximate surface area is 148 Å². The predicted molar refractivity (Wildman–Crippen MR) is 96.7 cm³/mol. The van der Waals surface area contributed by atoms with Gasteiger partial charge in [0.25, 0.3) is 11.6 Å². The van der Waals surface area contributed by atoms with Crippen LogP contribution < -0.4 is 5.32 Å². The maximum absolute atomic E-state index is 12.7. The molecule has 1 aliphatic heterocycles. The van der Waals surface area contributed by atoms with Crippen molar-refractivity contribution in [3.8, 4) is 0 Å². The maximum Gasteiger partial charge on any atom is 0.258 e. The Kier molecular flexibility index (Phi) is 5.34. The first-order valence-corrected chi connectivity index (χ1v) is 8.86. The fourth-order valence-electron chi connectivity index (χ4n) is 3.29. The van der Waals surface area contributed by atoms with E-state index in [1.54, 1.807) is 6.07 Å². The van der Waals surface area contributed by atoms with E-state index in [1.807, 2.05) is 13.8 Å². The first-order valence-electron chi connectivity index (χ1n) is 8.86. The summed E-state index contributed by atoms with van der Waals surface area (Å²) in [5, 5.41) is 7.69. The molecule has 1 amide bonds. The van der Waals surface area contributed by atoms with E-state index >= 15 is 0 Å². The van der Waals surface area contributed by atoms with Crippen LogP contribution in [-0.2, 0) is 0 Å². The summed E-state index contributed by atoms with van der Waals surface area (Å²) in [5.41, 5.74) is 2.46. The van der Waals surface area contributed by atoms with Crippen LogP contribution in [0.15, 0.2) is 10.6 Å². The quantitative estimate of drug-likeness (QED) is 0.884. The molecule has 1 saturated heterocycles. The fraction of sp³-hybridized carbons (Fsp3) is 0.611. The van der Waals surface area contributed by atoms with Crippen molar-refractivity contribution in [1.82, 2.24) is 25.3 Å². The number of nitrogens with zero attached hydrogens (tertiary/aromatic N) is 4. The molecule has 0 bridgehead atoms. The number of amides is 1. The molecule has 2 aromatic rings. The van der Waals surface area contributed by atoms with Gasteiger partial charge in [0.1, 0.15) is 0 Å². The molecule has 0 saturated carbocycles. The summed E-state index contributed by atoms with van der Waals surface area (Å²) in [7, 11) is 2.16. The minimum Gasteiger partial charge on any atom is -0.352 e. The zero-order chi connectivity index (χ0) is 18.0. The third-order valence-electron chi connectivity index (χ3n) is 4.77. The van der Waals surface area contributed by atoms with E-state index in [4.69, 9.17) is 4.52 Å². The molecule has 3 heterocycles. The fourth-order valence-corrected chi connectivity index (χ4v) is 3.29. The van der Waals surface area contributed by atoms with Gasteiger partial charge in [0, 0.05) is 45.0 Å². The summed E-state index contributed by atoms with van der Waals surface area (Å²) in [5.74, 6) is 0.307. The Morgan fingerprint density at radius 2 is 2.04 bits per heavy atom. The zero-order valence-corrected chi connectivity index (χ0v) is 15.5. The Morgan fingerprint density at radius 1 is 1.32 bits per heavy atom. The second-order valence-corrected chi connectivity index (χ2v) is 7.18. The standard InChI is InChI=1S/C18H27N5O2/c1-12(11-23-7-5-22(4)6-8-23)10-19-17(24)15-9-13(2)20-18-16(15)14(3)21-25-18/h9,12H,5-8,10-11H2,1-4H3,(H,19,24). The highest BCUT2D eigenvalue weighted by Gasteiger charge is 2.19. The van der Waals surface area contributed by atoms with Gasteiger partial charge in [0.05, 0.1) is 16.6 Å². The molecule has 1 N–H and O–H groups in total. The molecule has 136 valence electrons. The van der Waals surface area contributed by atoms with Gasteiger partial charge in [-0.05, 0) is 32.9 Å². The van der Waals surface area contributed by atoms with Gasteiger partial charge >= 0.3 is 0 Å². The van der Waals surface area contributed by atoms with E-state index in [9.17, 15) is 4.79 Å². The predicted octanol–water partition coefficient (Wildman–Crippen LogP) is 1.45. The van der Waals surface area contributed by atoms with Crippen LogP contribution in [-0.4, -0.2) is 72.2 Å². The number of nitrogens with one attached hydrogen (secondary N) is 1. The molecule has 0 aliphatic carbocycles. The van der Waals surface area contributed by atoms with Gasteiger partial charge < -0.3 is 19.6 Å². The van der Waals surface area contributed by atoms with Crippen LogP contribution in [0, 0.1) is 19.8 Å². The number of rotatable bonds is 5. The van der Waals surface area contributed by atoms with E-state index in [0.29, 0.717) is 34.8 Å². The van der Waals surface area contributed by atoms with Crippen LogP contribution in [0.5, 0.6) is 0 Å². The number of aromatic nitrogens is 2. The van der Waals surface area contributed by atoms with Crippen LogP contribution in [0.25, 0.3) is 11.1 Å². The highest BCUT2D eigenvalue weighted by molar-refractivity contribution is 6.06. The number of hydrogen-bond donors (Lipinski definition) is 1. The van der Waals surface area contributed by atoms with Crippen molar-refractivity contribution in [3.63, 3.8) is 0 Å². The van der Waals surface area contributed by atoms with Crippen molar-refractivity contribution < 1.29 is 9.32 Å². The molecule has 25 heavy (non-hydrogen) atoms. The largest absolute Gasteiger partial charge is 0.352 e. The molecule has 0 aromatic carbocycles. The van der Waals surface area contributed by atoms with Crippen molar-refractivity contribution in [2.24, 2.45) is 5.92 Å². The molecular weight excluding hydrogens is 318 g/mol. The van der Waals surface area contributed by atoms with Crippen LogP contribution in [0.1, 0.15) is 28.7 Å². The second-order valence-electron chi connectivity index (χ2n) is 7.18. The lowest BCUT2D eigenvalue weighted by atomic mass is 10.1. The highest BCUT2D eigenvalue weighted by atomic mass is 16.5. The normalized spacial score (nSPS) is 17.8. The Hall–Kier alpha value is -1.99. The van der Waals surface area contributed by atoms with Crippen molar-refractivity contribution in [2.45, 2.75) is 20.8 Å². The van der Waals surface area contributed by atoms with Gasteiger partial charge in [-0.25, -0.2) is 4.98 Å². The minimum absolute atomic E-state index is 0.0907. The Balaban J connectivity index is 1.60. The topological polar surface area (TPSA) is 74.5 Å². The van der Waals surface area contributed by atoms with Crippen molar-refractivity contribution in [1.29, 1.82) is 0 Å². The molecule has 0 radical (unpaired) electrons. The van der Waals surface area contributed by atoms with Gasteiger partial charge in [-0.15, -0.1) is 0 Å². The maximum atomic E-state index is 12.7. The van der Waals surface area contributed by atoms with E-state index in [1.165, 1.54) is 0 Å². The third-order valence-corrected chi connectivity index (χ3v) is 4.77. The highest BCUT2D eigenvalue weighted by Crippen LogP contribution is 2.21. The minimum atomic E-state index is -0.0907. The molecule has 1 unspecified atom stereocenters. The molecule has 1 aliphatic rings. The molecule has 7 heteroatoms. The van der Waals surface area contributed by atoms with Gasteiger partial charge in [-0.3, -0.25) is 4.79 Å². The molecule has 0 spiro atoms. The summed E-state index contributed by atoms with van der Waals surface area (Å²) in [6, 6.07) is 1.80. The summed E-state index contributed by atoms with van der Waals surface area (Å²) in [6.07, 6.45) is 0. The lowest BCUT2D eigenvalue weighted by molar-refractivity contribution is 0.0939. The summed E-state index contributed by atoms with van der Waals surface area (Å²) in [4.78, 5) is 21.8. The van der Waals surface area contributed by atoms with Crippen molar-refractivity contribution in [2.75, 3.05) is 46.3 Å². The number of hydrogen-bond acceptors (Lipinski definition) is 6. The van der Waals surface area contributed by atoms with Crippen LogP contribution in [0.3, 0.4) is 0 Å². The number of aryl methyl sites for hydroxylation is 2. The number of piperazine rings is 1. The van der Waals surface area contributed by atoms with E-state index in [2.05, 4.69) is 39.2 Å². The number of fused-ring (bicyclic) bond motifs is 1. The van der Waals surface area contributed by atoms with Crippen LogP contribution in [0.4, 0.5) is 0 Å². The number of pyridine rings is 1. The number of carbonyl (C=O) groups is 1. The van der Waals surface area contributed by atoms with Crippen molar-refractivity contribution >= 4 is 17.0 Å². The average molecular weight is 345 g/mol. The van der Waals surface area contributed by atoms with Gasteiger partial charge in [-0.1, -0.05) is 12.1 Å². The molecule has 7 nitrogen and oxygen atoms in total. The van der Waals surface area contributed by atoms with Gasteiger partial charge in [-0.2, -0.15) is 0 Å². The van der Waals surface area contributed by atoms with Gasteiger partial charge in [0.15, 0.2) is 0 Å². The molecule has 1 fully saturated rings. The lowest BCUT2D eigenvalue weighted by Crippen LogP contribution is -2.46. The van der Waals surface area contributed by atoms with E-state index in [0.717, 1.165) is 38.4 Å². The van der Waals surface area contributed by atoms with Crippen molar-refractivity contribution in [3.05, 3.63) is 23.0 Å². The number of carbonyl (C=O) groups excluding carboxylic acids is 1. The van der Waals surface area contributed by atoms with Gasteiger partial charge in [0.2, 0.25) is 0 Å². The summed E-state index contributed by atoms with van der Waals surface area (Å²) < 4.78 is 5.20. The Morgan fingerprint density at radius 3 is 2.76 bits per heavy atom. The molecule has 2 aromatic heterocycles. The summed E-state index contributed by atoms with van der Waals surface area (Å²) in [6.45, 7) is 11.9. The molecular formula is C18H27N5O2. The molecule has 3 rings (SSSR count). The number of likely N-dealkylation sites (N-methyl/N-ethyl adjacent to an activating group) is 1. The third kappa shape index (κ3) is 4.16. The lowest BCUT2D eigenvalue weighted by Gasteiger charge is -2.33. The van der Waals surface area contributed by atoms with E-state index in [-0.39, 0.29) is 5.91 Å². The van der Waals surface area contributed by atoms with Crippen LogP contribution in [0.2, 0.25) is 0 Å². The average Bonchev–Trinajstić information content (AvgIpc) is 2.95. The molecule has 1 atom stereocenters.